The molecule has 0 aliphatic heterocycles. The van der Waals surface area contributed by atoms with Gasteiger partial charge in [0.1, 0.15) is 11.6 Å². The molecule has 3 nitrogen and oxygen atoms in total. The molecule has 1 aromatic carbocycles. The molecule has 0 fully saturated rings. The molecule has 92 valence electrons. The number of methoxy groups -OCH3 is 1. The first kappa shape index (κ1) is 13.6. The molecule has 0 unspecified atom stereocenters. The molecule has 2 N–H and O–H groups in total. The third kappa shape index (κ3) is 2.61. The second kappa shape index (κ2) is 5.23. The normalized spacial score (nSPS) is 10.4. The van der Waals surface area contributed by atoms with Crippen LogP contribution in [0.3, 0.4) is 0 Å². The van der Waals surface area contributed by atoms with Crippen molar-refractivity contribution in [3.8, 4) is 5.75 Å². The van der Waals surface area contributed by atoms with Gasteiger partial charge in [-0.15, -0.1) is 12.4 Å². The fourth-order valence-corrected chi connectivity index (χ4v) is 1.78. The van der Waals surface area contributed by atoms with Gasteiger partial charge in [0.25, 0.3) is 0 Å². The summed E-state index contributed by atoms with van der Waals surface area (Å²) in [6.45, 7) is 4.22. The number of hydrogen-bond acceptors (Lipinski definition) is 3. The lowest BCUT2D eigenvalue weighted by Gasteiger charge is -2.10. The fourth-order valence-electron chi connectivity index (χ4n) is 1.78. The standard InChI is InChI=1S/C13H16N2O.ClH/c1-8(2)11-7-9-6-10(16-3)4-5-12(9)15-13(11)14;/h4-8H,1-3H3,(H2,14,15);1H. The van der Waals surface area contributed by atoms with Crippen molar-refractivity contribution in [1.29, 1.82) is 0 Å². The van der Waals surface area contributed by atoms with Crippen LogP contribution >= 0.6 is 12.4 Å². The number of benzene rings is 1. The van der Waals surface area contributed by atoms with E-state index in [0.717, 1.165) is 22.2 Å². The lowest BCUT2D eigenvalue weighted by molar-refractivity contribution is 0.415. The molecule has 0 saturated heterocycles. The SMILES string of the molecule is COc1ccc2nc(N)c(C(C)C)cc2c1.Cl. The lowest BCUT2D eigenvalue weighted by Crippen LogP contribution is -2.00. The summed E-state index contributed by atoms with van der Waals surface area (Å²) in [5.74, 6) is 1.84. The Morgan fingerprint density at radius 2 is 1.94 bits per heavy atom. The summed E-state index contributed by atoms with van der Waals surface area (Å²) in [4.78, 5) is 4.39. The molecule has 17 heavy (non-hydrogen) atoms. The van der Waals surface area contributed by atoms with Crippen molar-refractivity contribution in [2.24, 2.45) is 0 Å². The molecule has 1 aromatic heterocycles. The summed E-state index contributed by atoms with van der Waals surface area (Å²) in [6, 6.07) is 7.89. The Balaban J connectivity index is 0.00000144. The molecule has 0 aliphatic carbocycles. The van der Waals surface area contributed by atoms with Crippen LogP contribution in [-0.4, -0.2) is 12.1 Å². The number of nitrogens with two attached hydrogens (primary N) is 1. The van der Waals surface area contributed by atoms with Gasteiger partial charge in [0.05, 0.1) is 12.6 Å². The molecule has 4 heteroatoms. The summed E-state index contributed by atoms with van der Waals surface area (Å²) in [7, 11) is 1.66. The van der Waals surface area contributed by atoms with Gasteiger partial charge in [-0.1, -0.05) is 13.8 Å². The van der Waals surface area contributed by atoms with E-state index in [1.165, 1.54) is 0 Å². The van der Waals surface area contributed by atoms with Crippen LogP contribution < -0.4 is 10.5 Å². The number of ether oxygens (including phenoxy) is 1. The number of rotatable bonds is 2. The van der Waals surface area contributed by atoms with Crippen molar-refractivity contribution < 1.29 is 4.74 Å². The predicted octanol–water partition coefficient (Wildman–Crippen LogP) is 3.37. The Kier molecular flexibility index (Phi) is 4.18. The molecule has 2 rings (SSSR count). The maximum Gasteiger partial charge on any atom is 0.127 e. The van der Waals surface area contributed by atoms with E-state index >= 15 is 0 Å². The molecule has 2 aromatic rings. The average Bonchev–Trinajstić information content (AvgIpc) is 2.27. The minimum absolute atomic E-state index is 0. The van der Waals surface area contributed by atoms with Crippen LogP contribution in [0.1, 0.15) is 25.3 Å². The van der Waals surface area contributed by atoms with Crippen LogP contribution in [0, 0.1) is 0 Å². The van der Waals surface area contributed by atoms with E-state index in [2.05, 4.69) is 24.9 Å². The van der Waals surface area contributed by atoms with E-state index in [1.807, 2.05) is 18.2 Å². The second-order valence-corrected chi connectivity index (χ2v) is 4.18. The summed E-state index contributed by atoms with van der Waals surface area (Å²) in [6.07, 6.45) is 0. The first-order chi connectivity index (χ1) is 7.61. The molecule has 0 atom stereocenters. The van der Waals surface area contributed by atoms with Gasteiger partial charge in [-0.05, 0) is 35.7 Å². The van der Waals surface area contributed by atoms with E-state index in [-0.39, 0.29) is 12.4 Å². The zero-order chi connectivity index (χ0) is 11.7. The van der Waals surface area contributed by atoms with E-state index in [1.54, 1.807) is 7.11 Å². The molecule has 0 spiro atoms. The highest BCUT2D eigenvalue weighted by atomic mass is 35.5. The minimum Gasteiger partial charge on any atom is -0.497 e. The van der Waals surface area contributed by atoms with Gasteiger partial charge in [0.2, 0.25) is 0 Å². The van der Waals surface area contributed by atoms with Crippen LogP contribution in [0.15, 0.2) is 24.3 Å². The summed E-state index contributed by atoms with van der Waals surface area (Å²) >= 11 is 0. The highest BCUT2D eigenvalue weighted by Gasteiger charge is 2.08. The van der Waals surface area contributed by atoms with E-state index in [9.17, 15) is 0 Å². The number of pyridine rings is 1. The lowest BCUT2D eigenvalue weighted by atomic mass is 10.0. The number of hydrogen-bond donors (Lipinski definition) is 1. The first-order valence-electron chi connectivity index (χ1n) is 5.36. The molecular weight excluding hydrogens is 236 g/mol. The fraction of sp³-hybridized carbons (Fsp3) is 0.308. The van der Waals surface area contributed by atoms with Crippen LogP contribution in [0.2, 0.25) is 0 Å². The van der Waals surface area contributed by atoms with Crippen LogP contribution in [0.4, 0.5) is 5.82 Å². The third-order valence-corrected chi connectivity index (χ3v) is 2.70. The summed E-state index contributed by atoms with van der Waals surface area (Å²) < 4.78 is 5.19. The number of aromatic nitrogens is 1. The van der Waals surface area contributed by atoms with Crippen LogP contribution in [-0.2, 0) is 0 Å². The summed E-state index contributed by atoms with van der Waals surface area (Å²) in [5, 5.41) is 1.07. The Hall–Kier alpha value is -1.48. The first-order valence-corrected chi connectivity index (χ1v) is 5.36. The van der Waals surface area contributed by atoms with Crippen molar-refractivity contribution in [2.45, 2.75) is 19.8 Å². The average molecular weight is 253 g/mol. The Bertz CT molecular complexity index is 526. The molecule has 0 radical (unpaired) electrons. The number of fused-ring (bicyclic) bond motifs is 1. The Morgan fingerprint density at radius 3 is 2.53 bits per heavy atom. The van der Waals surface area contributed by atoms with Gasteiger partial charge >= 0.3 is 0 Å². The second-order valence-electron chi connectivity index (χ2n) is 4.18. The smallest absolute Gasteiger partial charge is 0.127 e. The Morgan fingerprint density at radius 1 is 1.24 bits per heavy atom. The number of nitrogen functional groups attached to an aromatic ring is 1. The van der Waals surface area contributed by atoms with Gasteiger partial charge in [0.15, 0.2) is 0 Å². The van der Waals surface area contributed by atoms with Crippen molar-refractivity contribution in [2.75, 3.05) is 12.8 Å². The molecular formula is C13H17ClN2O. The van der Waals surface area contributed by atoms with Crippen molar-refractivity contribution in [3.63, 3.8) is 0 Å². The van der Waals surface area contributed by atoms with Gasteiger partial charge in [0, 0.05) is 5.39 Å². The maximum absolute atomic E-state index is 5.92. The minimum atomic E-state index is 0. The monoisotopic (exact) mass is 252 g/mol. The topological polar surface area (TPSA) is 48.1 Å². The predicted molar refractivity (Wildman–Crippen MR) is 74.0 cm³/mol. The number of nitrogens with zero attached hydrogens (tertiary/aromatic N) is 1. The van der Waals surface area contributed by atoms with Gasteiger partial charge in [-0.2, -0.15) is 0 Å². The highest BCUT2D eigenvalue weighted by molar-refractivity contribution is 5.85. The molecule has 0 amide bonds. The van der Waals surface area contributed by atoms with Gasteiger partial charge in [-0.25, -0.2) is 4.98 Å². The van der Waals surface area contributed by atoms with Crippen molar-refractivity contribution >= 4 is 29.1 Å². The number of halogens is 1. The van der Waals surface area contributed by atoms with Crippen molar-refractivity contribution in [3.05, 3.63) is 29.8 Å². The van der Waals surface area contributed by atoms with E-state index in [4.69, 9.17) is 10.5 Å². The molecule has 1 heterocycles. The maximum atomic E-state index is 5.92. The quantitative estimate of drug-likeness (QED) is 0.892. The highest BCUT2D eigenvalue weighted by Crippen LogP contribution is 2.27. The Labute approximate surface area is 107 Å². The van der Waals surface area contributed by atoms with Crippen LogP contribution in [0.25, 0.3) is 10.9 Å². The molecule has 0 aliphatic rings. The summed E-state index contributed by atoms with van der Waals surface area (Å²) in [5.41, 5.74) is 7.91. The van der Waals surface area contributed by atoms with Gasteiger partial charge in [-0.3, -0.25) is 0 Å². The zero-order valence-corrected chi connectivity index (χ0v) is 11.0. The van der Waals surface area contributed by atoms with Crippen LogP contribution in [0.5, 0.6) is 5.75 Å². The molecule has 0 saturated carbocycles. The van der Waals surface area contributed by atoms with E-state index in [0.29, 0.717) is 11.7 Å². The van der Waals surface area contributed by atoms with Gasteiger partial charge < -0.3 is 10.5 Å². The third-order valence-electron chi connectivity index (χ3n) is 2.70. The zero-order valence-electron chi connectivity index (χ0n) is 10.2. The number of anilines is 1. The van der Waals surface area contributed by atoms with Crippen molar-refractivity contribution in [1.82, 2.24) is 4.98 Å². The largest absolute Gasteiger partial charge is 0.497 e. The van der Waals surface area contributed by atoms with E-state index < -0.39 is 0 Å². The molecule has 0 bridgehead atoms.